The normalized spacial score (nSPS) is 39.9. The lowest BCUT2D eigenvalue weighted by Gasteiger charge is -2.27. The van der Waals surface area contributed by atoms with Crippen LogP contribution in [0.1, 0.15) is 0 Å². The Kier molecular flexibility index (Phi) is 3.26. The molecule has 10 heteroatoms. The zero-order valence-electron chi connectivity index (χ0n) is 10.2. The molecule has 3 aliphatic rings. The first-order chi connectivity index (χ1) is 9.52. The van der Waals surface area contributed by atoms with Crippen LogP contribution >= 0.6 is 12.2 Å². The van der Waals surface area contributed by atoms with Gasteiger partial charge in [-0.3, -0.25) is 9.89 Å². The fraction of sp³-hybridized carbons (Fsp3) is 0.600. The van der Waals surface area contributed by atoms with Crippen LogP contribution in [0.15, 0.2) is 15.0 Å². The Morgan fingerprint density at radius 3 is 2.75 bits per heavy atom. The number of hydrogen-bond acceptors (Lipinski definition) is 9. The van der Waals surface area contributed by atoms with E-state index in [0.29, 0.717) is 5.84 Å². The summed E-state index contributed by atoms with van der Waals surface area (Å²) in [5.74, 6) is 0.390. The van der Waals surface area contributed by atoms with Gasteiger partial charge in [0.25, 0.3) is 0 Å². The van der Waals surface area contributed by atoms with Crippen LogP contribution in [-0.4, -0.2) is 80.5 Å². The van der Waals surface area contributed by atoms with E-state index in [-0.39, 0.29) is 10.9 Å². The Labute approximate surface area is 119 Å². The molecule has 0 aromatic rings. The van der Waals surface area contributed by atoms with Crippen molar-refractivity contribution in [2.24, 2.45) is 20.7 Å². The minimum absolute atomic E-state index is 0.00323. The third-order valence-electron chi connectivity index (χ3n) is 3.33. The van der Waals surface area contributed by atoms with E-state index in [1.54, 1.807) is 0 Å². The smallest absolute Gasteiger partial charge is 0.222 e. The van der Waals surface area contributed by atoms with Crippen LogP contribution in [0.3, 0.4) is 0 Å². The van der Waals surface area contributed by atoms with Gasteiger partial charge in [0.15, 0.2) is 12.3 Å². The average Bonchev–Trinajstić information content (AvgIpc) is 2.93. The van der Waals surface area contributed by atoms with Gasteiger partial charge in [0.1, 0.15) is 29.1 Å². The highest BCUT2D eigenvalue weighted by molar-refractivity contribution is 7.80. The fourth-order valence-electron chi connectivity index (χ4n) is 2.32. The molecule has 1 saturated heterocycles. The van der Waals surface area contributed by atoms with Gasteiger partial charge in [-0.1, -0.05) is 12.2 Å². The summed E-state index contributed by atoms with van der Waals surface area (Å²) in [4.78, 5) is 13.8. The van der Waals surface area contributed by atoms with Gasteiger partial charge < -0.3 is 25.8 Å². The quantitative estimate of drug-likeness (QED) is 0.404. The van der Waals surface area contributed by atoms with Crippen molar-refractivity contribution in [2.45, 2.75) is 30.6 Å². The molecule has 9 nitrogen and oxygen atoms in total. The van der Waals surface area contributed by atoms with Gasteiger partial charge in [-0.25, -0.2) is 4.99 Å². The van der Waals surface area contributed by atoms with Gasteiger partial charge in [0.2, 0.25) is 5.96 Å². The summed E-state index contributed by atoms with van der Waals surface area (Å²) in [5.41, 5.74) is 5.56. The third kappa shape index (κ3) is 1.93. The molecule has 0 aromatic carbocycles. The van der Waals surface area contributed by atoms with Crippen LogP contribution in [0.4, 0.5) is 0 Å². The number of ether oxygens (including phenoxy) is 1. The summed E-state index contributed by atoms with van der Waals surface area (Å²) in [6.07, 6.45) is -2.79. The van der Waals surface area contributed by atoms with Gasteiger partial charge in [0, 0.05) is 0 Å². The molecule has 108 valence electrons. The number of aliphatic imine (C=N–C) groups is 3. The molecule has 0 bridgehead atoms. The lowest BCUT2D eigenvalue weighted by atomic mass is 10.1. The number of guanidine groups is 1. The lowest BCUT2D eigenvalue weighted by molar-refractivity contribution is -0.0509. The van der Waals surface area contributed by atoms with Crippen molar-refractivity contribution in [1.82, 2.24) is 4.90 Å². The number of rotatable bonds is 2. The molecule has 1 fully saturated rings. The highest BCUT2D eigenvalue weighted by Gasteiger charge is 2.48. The average molecular weight is 299 g/mol. The molecule has 3 unspecified atom stereocenters. The number of fused-ring (bicyclic) bond motifs is 1. The zero-order chi connectivity index (χ0) is 14.4. The van der Waals surface area contributed by atoms with Crippen LogP contribution in [0, 0.1) is 0 Å². The topological polar surface area (TPSA) is 136 Å². The van der Waals surface area contributed by atoms with Crippen molar-refractivity contribution in [3.8, 4) is 0 Å². The van der Waals surface area contributed by atoms with E-state index in [1.165, 1.54) is 11.2 Å². The monoisotopic (exact) mass is 299 g/mol. The summed E-state index contributed by atoms with van der Waals surface area (Å²) >= 11 is 5.07. The zero-order valence-corrected chi connectivity index (χ0v) is 11.0. The van der Waals surface area contributed by atoms with Gasteiger partial charge in [-0.05, 0) is 0 Å². The Balaban J connectivity index is 1.87. The number of amidine groups is 1. The second-order valence-corrected chi connectivity index (χ2v) is 5.00. The van der Waals surface area contributed by atoms with Crippen LogP contribution in [-0.2, 0) is 4.74 Å². The minimum atomic E-state index is -1.21. The van der Waals surface area contributed by atoms with Crippen molar-refractivity contribution in [2.75, 3.05) is 6.61 Å². The maximum atomic E-state index is 10.0. The first kappa shape index (κ1) is 13.5. The molecule has 0 amide bonds. The second-order valence-electron chi connectivity index (χ2n) is 4.58. The summed E-state index contributed by atoms with van der Waals surface area (Å²) in [6, 6.07) is -0.543. The van der Waals surface area contributed by atoms with Gasteiger partial charge in [0.05, 0.1) is 12.9 Å². The van der Waals surface area contributed by atoms with E-state index in [9.17, 15) is 10.2 Å². The third-order valence-corrected chi connectivity index (χ3v) is 3.64. The van der Waals surface area contributed by atoms with Gasteiger partial charge in [-0.2, -0.15) is 4.99 Å². The highest BCUT2D eigenvalue weighted by atomic mass is 32.1. The number of aliphatic hydroxyl groups excluding tert-OH is 3. The van der Waals surface area contributed by atoms with Crippen molar-refractivity contribution < 1.29 is 20.1 Å². The summed E-state index contributed by atoms with van der Waals surface area (Å²) in [5, 5.41) is 28.9. The molecule has 0 aromatic heterocycles. The molecule has 3 heterocycles. The van der Waals surface area contributed by atoms with Crippen molar-refractivity contribution in [3.05, 3.63) is 0 Å². The van der Waals surface area contributed by atoms with Crippen LogP contribution < -0.4 is 5.73 Å². The van der Waals surface area contributed by atoms with Crippen molar-refractivity contribution in [3.63, 3.8) is 0 Å². The van der Waals surface area contributed by atoms with Crippen molar-refractivity contribution >= 4 is 35.3 Å². The van der Waals surface area contributed by atoms with Gasteiger partial charge in [-0.15, -0.1) is 0 Å². The number of nitrogens with two attached hydrogens (primary N) is 1. The molecule has 20 heavy (non-hydrogen) atoms. The summed E-state index contributed by atoms with van der Waals surface area (Å²) in [6.45, 7) is -0.405. The maximum Gasteiger partial charge on any atom is 0.222 e. The first-order valence-corrected chi connectivity index (χ1v) is 6.34. The predicted molar refractivity (Wildman–Crippen MR) is 73.5 cm³/mol. The van der Waals surface area contributed by atoms with E-state index in [4.69, 9.17) is 27.8 Å². The molecule has 3 rings (SSSR count). The molecule has 0 aliphatic carbocycles. The Morgan fingerprint density at radius 2 is 2.10 bits per heavy atom. The minimum Gasteiger partial charge on any atom is -0.394 e. The first-order valence-electron chi connectivity index (χ1n) is 5.93. The Morgan fingerprint density at radius 1 is 1.35 bits per heavy atom. The molecule has 5 atom stereocenters. The second kappa shape index (κ2) is 4.82. The van der Waals surface area contributed by atoms with E-state index in [0.717, 1.165) is 0 Å². The van der Waals surface area contributed by atoms with Crippen LogP contribution in [0.2, 0.25) is 0 Å². The van der Waals surface area contributed by atoms with Crippen LogP contribution in [0.25, 0.3) is 0 Å². The van der Waals surface area contributed by atoms with E-state index < -0.39 is 37.2 Å². The number of nitrogens with zero attached hydrogens (tertiary/aromatic N) is 4. The van der Waals surface area contributed by atoms with Gasteiger partial charge >= 0.3 is 0 Å². The molecule has 0 saturated carbocycles. The number of hydrogen-bond donors (Lipinski definition) is 4. The Bertz CT molecular complexity index is 536. The number of thiocarbonyl (C=S) groups is 1. The summed E-state index contributed by atoms with van der Waals surface area (Å²) in [7, 11) is 0. The van der Waals surface area contributed by atoms with E-state index >= 15 is 0 Å². The SMILES string of the molecule is NC1=NC(=S)C2N=CN([C@@H]3O[C@H](CO)C(O)C3O)C2=N1. The fourth-order valence-corrected chi connectivity index (χ4v) is 2.58. The highest BCUT2D eigenvalue weighted by Crippen LogP contribution is 2.27. The molecule has 5 N–H and O–H groups in total. The summed E-state index contributed by atoms with van der Waals surface area (Å²) < 4.78 is 5.42. The van der Waals surface area contributed by atoms with Crippen LogP contribution in [0.5, 0.6) is 0 Å². The largest absolute Gasteiger partial charge is 0.394 e. The lowest BCUT2D eigenvalue weighted by Crippen LogP contribution is -2.49. The van der Waals surface area contributed by atoms with E-state index in [2.05, 4.69) is 15.0 Å². The van der Waals surface area contributed by atoms with Crippen molar-refractivity contribution in [1.29, 1.82) is 0 Å². The van der Waals surface area contributed by atoms with E-state index in [1.807, 2.05) is 0 Å². The molecule has 0 spiro atoms. The maximum absolute atomic E-state index is 10.0. The predicted octanol–water partition coefficient (Wildman–Crippen LogP) is -2.81. The standard InChI is InChI=1S/C10H13N5O4S/c11-10-13-7-4(8(20)14-10)12-2-15(7)9-6(18)5(17)3(1-16)19-9/h2-6,9,16-18H,1H2,(H2,11,14,20)/t3-,4?,5?,6?,9-/m1/s1. The molecule has 3 aliphatic heterocycles. The molecule has 0 radical (unpaired) electrons. The number of aliphatic hydroxyl groups is 3. The Hall–Kier alpha value is -1.46. The molecular formula is C10H13N5O4S. The molecular weight excluding hydrogens is 286 g/mol.